The topological polar surface area (TPSA) is 75.3 Å². The molecule has 0 fully saturated rings. The molecule has 0 aliphatic carbocycles. The van der Waals surface area contributed by atoms with Crippen molar-refractivity contribution in [2.45, 2.75) is 6.54 Å². The van der Waals surface area contributed by atoms with Gasteiger partial charge in [-0.2, -0.15) is 0 Å². The lowest BCUT2D eigenvalue weighted by molar-refractivity contribution is 0.0698. The van der Waals surface area contributed by atoms with Crippen molar-refractivity contribution in [1.82, 2.24) is 0 Å². The van der Waals surface area contributed by atoms with E-state index in [1.54, 1.807) is 18.2 Å². The van der Waals surface area contributed by atoms with Crippen molar-refractivity contribution in [3.05, 3.63) is 58.6 Å². The number of carboxylic acids is 1. The summed E-state index contributed by atoms with van der Waals surface area (Å²) in [7, 11) is 0. The van der Waals surface area contributed by atoms with Crippen molar-refractivity contribution < 1.29 is 9.90 Å². The third-order valence-corrected chi connectivity index (χ3v) is 3.13. The Balaban J connectivity index is 2.19. The van der Waals surface area contributed by atoms with Gasteiger partial charge in [0, 0.05) is 11.6 Å². The first-order valence-electron chi connectivity index (χ1n) is 5.68. The van der Waals surface area contributed by atoms with Crippen LogP contribution in [0.15, 0.2) is 42.5 Å². The lowest BCUT2D eigenvalue weighted by Crippen LogP contribution is -2.07. The summed E-state index contributed by atoms with van der Waals surface area (Å²) in [5, 5.41) is 12.7. The second-order valence-corrected chi connectivity index (χ2v) is 4.42. The van der Waals surface area contributed by atoms with Crippen LogP contribution in [0, 0.1) is 0 Å². The van der Waals surface area contributed by atoms with Gasteiger partial charge in [0.15, 0.2) is 0 Å². The molecule has 0 aromatic heterocycles. The monoisotopic (exact) mass is 276 g/mol. The first-order chi connectivity index (χ1) is 9.09. The fraction of sp³-hybridized carbons (Fsp3) is 0.0714. The lowest BCUT2D eigenvalue weighted by atomic mass is 10.1. The van der Waals surface area contributed by atoms with Crippen LogP contribution in [0.25, 0.3) is 0 Å². The number of anilines is 2. The Bertz CT molecular complexity index is 614. The van der Waals surface area contributed by atoms with Gasteiger partial charge >= 0.3 is 5.97 Å². The Hall–Kier alpha value is -2.20. The van der Waals surface area contributed by atoms with Crippen LogP contribution in [-0.2, 0) is 6.54 Å². The van der Waals surface area contributed by atoms with E-state index in [9.17, 15) is 4.79 Å². The number of hydrogen-bond acceptors (Lipinski definition) is 3. The number of hydrogen-bond donors (Lipinski definition) is 3. The number of aromatic carboxylic acids is 1. The van der Waals surface area contributed by atoms with E-state index < -0.39 is 5.97 Å². The Morgan fingerprint density at radius 1 is 1.21 bits per heavy atom. The molecule has 2 aromatic rings. The average Bonchev–Trinajstić information content (AvgIpc) is 2.39. The van der Waals surface area contributed by atoms with Crippen LogP contribution >= 0.6 is 11.6 Å². The summed E-state index contributed by atoms with van der Waals surface area (Å²) in [5.74, 6) is -1.04. The molecule has 0 radical (unpaired) electrons. The van der Waals surface area contributed by atoms with Crippen LogP contribution in [0.2, 0.25) is 5.02 Å². The van der Waals surface area contributed by atoms with Gasteiger partial charge in [-0.05, 0) is 23.8 Å². The van der Waals surface area contributed by atoms with Crippen LogP contribution < -0.4 is 11.1 Å². The molecule has 4 N–H and O–H groups in total. The maximum Gasteiger partial charge on any atom is 0.337 e. The molecule has 0 amide bonds. The van der Waals surface area contributed by atoms with E-state index in [-0.39, 0.29) is 11.3 Å². The highest BCUT2D eigenvalue weighted by molar-refractivity contribution is 6.31. The molecule has 0 atom stereocenters. The molecule has 0 saturated carbocycles. The van der Waals surface area contributed by atoms with Gasteiger partial charge in [0.05, 0.1) is 16.9 Å². The van der Waals surface area contributed by atoms with Crippen molar-refractivity contribution in [2.24, 2.45) is 0 Å². The van der Waals surface area contributed by atoms with E-state index >= 15 is 0 Å². The molecule has 0 bridgehead atoms. The van der Waals surface area contributed by atoms with Crippen molar-refractivity contribution in [3.63, 3.8) is 0 Å². The van der Waals surface area contributed by atoms with Gasteiger partial charge in [0.1, 0.15) is 0 Å². The standard InChI is InChI=1S/C14H13ClN2O2/c15-11-6-2-1-4-9(11)8-17-12-7-3-5-10(13(12)16)14(18)19/h1-7,17H,8,16H2,(H,18,19). The summed E-state index contributed by atoms with van der Waals surface area (Å²) in [5.41, 5.74) is 7.63. The van der Waals surface area contributed by atoms with Crippen LogP contribution in [0.5, 0.6) is 0 Å². The molecular formula is C14H13ClN2O2. The number of halogens is 1. The van der Waals surface area contributed by atoms with Gasteiger partial charge in [0.25, 0.3) is 0 Å². The van der Waals surface area contributed by atoms with E-state index in [0.717, 1.165) is 5.56 Å². The largest absolute Gasteiger partial charge is 0.478 e. The predicted octanol–water partition coefficient (Wildman–Crippen LogP) is 3.23. The summed E-state index contributed by atoms with van der Waals surface area (Å²) < 4.78 is 0. The van der Waals surface area contributed by atoms with Gasteiger partial charge in [-0.1, -0.05) is 35.9 Å². The minimum atomic E-state index is -1.04. The third kappa shape index (κ3) is 2.98. The molecule has 4 nitrogen and oxygen atoms in total. The molecule has 5 heteroatoms. The fourth-order valence-electron chi connectivity index (χ4n) is 1.74. The minimum absolute atomic E-state index is 0.0872. The second kappa shape index (κ2) is 5.63. The Kier molecular flexibility index (Phi) is 3.92. The average molecular weight is 277 g/mol. The molecule has 98 valence electrons. The first kappa shape index (κ1) is 13.2. The number of nitrogens with one attached hydrogen (secondary N) is 1. The summed E-state index contributed by atoms with van der Waals surface area (Å²) in [6.45, 7) is 0.479. The number of nitrogens with two attached hydrogens (primary N) is 1. The summed E-state index contributed by atoms with van der Waals surface area (Å²) >= 11 is 6.05. The molecular weight excluding hydrogens is 264 g/mol. The van der Waals surface area contributed by atoms with E-state index in [0.29, 0.717) is 17.3 Å². The number of nitrogen functional groups attached to an aromatic ring is 1. The van der Waals surface area contributed by atoms with Gasteiger partial charge in [-0.15, -0.1) is 0 Å². The molecule has 0 aliphatic rings. The molecule has 2 rings (SSSR count). The van der Waals surface area contributed by atoms with E-state index in [1.807, 2.05) is 18.2 Å². The zero-order valence-corrected chi connectivity index (χ0v) is 10.8. The van der Waals surface area contributed by atoms with E-state index in [2.05, 4.69) is 5.32 Å². The Morgan fingerprint density at radius 2 is 1.95 bits per heavy atom. The highest BCUT2D eigenvalue weighted by Crippen LogP contribution is 2.24. The summed E-state index contributed by atoms with van der Waals surface area (Å²) in [4.78, 5) is 11.0. The molecule has 0 unspecified atom stereocenters. The van der Waals surface area contributed by atoms with E-state index in [4.69, 9.17) is 22.4 Å². The van der Waals surface area contributed by atoms with Crippen molar-refractivity contribution in [2.75, 3.05) is 11.1 Å². The van der Waals surface area contributed by atoms with Crippen LogP contribution in [0.1, 0.15) is 15.9 Å². The molecule has 0 aliphatic heterocycles. The number of rotatable bonds is 4. The van der Waals surface area contributed by atoms with Crippen LogP contribution in [0.4, 0.5) is 11.4 Å². The quantitative estimate of drug-likeness (QED) is 0.750. The summed E-state index contributed by atoms with van der Waals surface area (Å²) in [6.07, 6.45) is 0. The van der Waals surface area contributed by atoms with Crippen LogP contribution in [-0.4, -0.2) is 11.1 Å². The maximum absolute atomic E-state index is 11.0. The molecule has 0 spiro atoms. The zero-order chi connectivity index (χ0) is 13.8. The van der Waals surface area contributed by atoms with Crippen molar-refractivity contribution in [3.8, 4) is 0 Å². The smallest absolute Gasteiger partial charge is 0.337 e. The molecule has 19 heavy (non-hydrogen) atoms. The van der Waals surface area contributed by atoms with Crippen molar-refractivity contribution in [1.29, 1.82) is 0 Å². The summed E-state index contributed by atoms with van der Waals surface area (Å²) in [6, 6.07) is 12.3. The van der Waals surface area contributed by atoms with E-state index in [1.165, 1.54) is 6.07 Å². The highest BCUT2D eigenvalue weighted by atomic mass is 35.5. The Morgan fingerprint density at radius 3 is 2.63 bits per heavy atom. The highest BCUT2D eigenvalue weighted by Gasteiger charge is 2.10. The number of carbonyl (C=O) groups is 1. The normalized spacial score (nSPS) is 10.2. The molecule has 2 aromatic carbocycles. The van der Waals surface area contributed by atoms with Gasteiger partial charge in [-0.25, -0.2) is 4.79 Å². The lowest BCUT2D eigenvalue weighted by Gasteiger charge is -2.11. The number of para-hydroxylation sites is 1. The molecule has 0 saturated heterocycles. The zero-order valence-electron chi connectivity index (χ0n) is 10.1. The number of carboxylic acid groups (broad SMARTS) is 1. The SMILES string of the molecule is Nc1c(NCc2ccccc2Cl)cccc1C(=O)O. The van der Waals surface area contributed by atoms with Gasteiger partial charge in [0.2, 0.25) is 0 Å². The Labute approximate surface area is 115 Å². The fourth-order valence-corrected chi connectivity index (χ4v) is 1.94. The molecule has 0 heterocycles. The van der Waals surface area contributed by atoms with Crippen molar-refractivity contribution >= 4 is 28.9 Å². The first-order valence-corrected chi connectivity index (χ1v) is 6.06. The third-order valence-electron chi connectivity index (χ3n) is 2.76. The van der Waals surface area contributed by atoms with Gasteiger partial charge < -0.3 is 16.2 Å². The predicted molar refractivity (Wildman–Crippen MR) is 76.6 cm³/mol. The number of benzene rings is 2. The van der Waals surface area contributed by atoms with Gasteiger partial charge in [-0.3, -0.25) is 0 Å². The maximum atomic E-state index is 11.0. The van der Waals surface area contributed by atoms with Crippen LogP contribution in [0.3, 0.4) is 0 Å². The second-order valence-electron chi connectivity index (χ2n) is 4.02. The minimum Gasteiger partial charge on any atom is -0.478 e.